The van der Waals surface area contributed by atoms with Crippen LogP contribution in [0.5, 0.6) is 11.5 Å². The molecule has 1 aliphatic rings. The van der Waals surface area contributed by atoms with E-state index in [2.05, 4.69) is 12.2 Å². The summed E-state index contributed by atoms with van der Waals surface area (Å²) in [5.74, 6) is -1.70. The van der Waals surface area contributed by atoms with E-state index in [1.54, 1.807) is 0 Å². The zero-order valence-electron chi connectivity index (χ0n) is 13.2. The molecule has 2 aromatic carbocycles. The Morgan fingerprint density at radius 1 is 0.917 bits per heavy atom. The molecule has 0 atom stereocenters. The summed E-state index contributed by atoms with van der Waals surface area (Å²) in [6, 6.07) is 9.97. The molecule has 0 spiro atoms. The molecule has 0 aromatic heterocycles. The van der Waals surface area contributed by atoms with E-state index in [0.29, 0.717) is 5.69 Å². The van der Waals surface area contributed by atoms with Crippen LogP contribution in [0.15, 0.2) is 48.2 Å². The van der Waals surface area contributed by atoms with Crippen molar-refractivity contribution in [2.24, 2.45) is 0 Å². The van der Waals surface area contributed by atoms with E-state index in [1.165, 1.54) is 17.7 Å². The van der Waals surface area contributed by atoms with Crippen molar-refractivity contribution in [2.45, 2.75) is 19.8 Å². The fraction of sp³-hybridized carbons (Fsp3) is 0.158. The number of hydrogen-bond acceptors (Lipinski definition) is 5. The minimum Gasteiger partial charge on any atom is -0.507 e. The zero-order valence-corrected chi connectivity index (χ0v) is 13.2. The maximum atomic E-state index is 12.6. The average molecular weight is 323 g/mol. The van der Waals surface area contributed by atoms with Crippen molar-refractivity contribution < 1.29 is 19.8 Å². The first-order valence-corrected chi connectivity index (χ1v) is 7.73. The normalized spacial score (nSPS) is 13.5. The number of allylic oxidation sites excluding steroid dienone is 2. The molecular formula is C19H17NO4. The van der Waals surface area contributed by atoms with Crippen LogP contribution in [0.1, 0.15) is 39.6 Å². The first-order chi connectivity index (χ1) is 11.5. The lowest BCUT2D eigenvalue weighted by Gasteiger charge is -2.18. The van der Waals surface area contributed by atoms with E-state index in [9.17, 15) is 19.8 Å². The molecule has 5 nitrogen and oxygen atoms in total. The number of rotatable bonds is 4. The number of phenols is 2. The van der Waals surface area contributed by atoms with Gasteiger partial charge in [0.2, 0.25) is 5.78 Å². The zero-order chi connectivity index (χ0) is 17.3. The summed E-state index contributed by atoms with van der Waals surface area (Å²) in [7, 11) is 0. The van der Waals surface area contributed by atoms with Crippen molar-refractivity contribution in [3.8, 4) is 11.5 Å². The molecule has 24 heavy (non-hydrogen) atoms. The summed E-state index contributed by atoms with van der Waals surface area (Å²) >= 11 is 0. The van der Waals surface area contributed by atoms with Crippen LogP contribution in [-0.4, -0.2) is 21.8 Å². The van der Waals surface area contributed by atoms with Gasteiger partial charge in [-0.05, 0) is 36.2 Å². The van der Waals surface area contributed by atoms with Crippen LogP contribution < -0.4 is 5.32 Å². The first kappa shape index (κ1) is 15.8. The Morgan fingerprint density at radius 2 is 1.54 bits per heavy atom. The number of carbonyl (C=O) groups excluding carboxylic acids is 2. The molecule has 5 heteroatoms. The third-order valence-electron chi connectivity index (χ3n) is 3.93. The van der Waals surface area contributed by atoms with E-state index in [1.807, 2.05) is 24.3 Å². The number of carbonyl (C=O) groups is 2. The maximum Gasteiger partial charge on any atom is 0.213 e. The summed E-state index contributed by atoms with van der Waals surface area (Å²) in [6.45, 7) is 2.10. The number of anilines is 1. The van der Waals surface area contributed by atoms with Gasteiger partial charge in [-0.15, -0.1) is 0 Å². The monoisotopic (exact) mass is 323 g/mol. The Kier molecular flexibility index (Phi) is 4.08. The maximum absolute atomic E-state index is 12.6. The van der Waals surface area contributed by atoms with Crippen LogP contribution >= 0.6 is 0 Å². The Bertz CT molecular complexity index is 850. The third kappa shape index (κ3) is 2.76. The second-order valence-electron chi connectivity index (χ2n) is 5.68. The van der Waals surface area contributed by atoms with Crippen LogP contribution in [0.4, 0.5) is 5.69 Å². The molecule has 0 amide bonds. The topological polar surface area (TPSA) is 86.6 Å². The first-order valence-electron chi connectivity index (χ1n) is 7.73. The summed E-state index contributed by atoms with van der Waals surface area (Å²) in [4.78, 5) is 24.8. The van der Waals surface area contributed by atoms with Crippen LogP contribution in [0.2, 0.25) is 0 Å². The SMILES string of the molecule is CCCc1ccc(NC2=CC(=O)c3c(O)ccc(O)c3C2=O)cc1. The summed E-state index contributed by atoms with van der Waals surface area (Å²) in [5.41, 5.74) is 1.59. The van der Waals surface area contributed by atoms with E-state index in [-0.39, 0.29) is 28.3 Å². The molecule has 122 valence electrons. The molecule has 0 saturated carbocycles. The summed E-state index contributed by atoms with van der Waals surface area (Å²) < 4.78 is 0. The number of hydrogen-bond donors (Lipinski definition) is 3. The quantitative estimate of drug-likeness (QED) is 0.751. The molecule has 3 rings (SSSR count). The van der Waals surface area contributed by atoms with Crippen molar-refractivity contribution in [1.82, 2.24) is 0 Å². The lowest BCUT2D eigenvalue weighted by Crippen LogP contribution is -2.21. The van der Waals surface area contributed by atoms with Crippen molar-refractivity contribution in [1.29, 1.82) is 0 Å². The predicted molar refractivity (Wildman–Crippen MR) is 90.6 cm³/mol. The van der Waals surface area contributed by atoms with Crippen molar-refractivity contribution in [2.75, 3.05) is 5.32 Å². The highest BCUT2D eigenvalue weighted by Crippen LogP contribution is 2.34. The van der Waals surface area contributed by atoms with Gasteiger partial charge in [0.1, 0.15) is 11.5 Å². The molecule has 0 saturated heterocycles. The number of Topliss-reactive ketones (excluding diaryl/α,β-unsaturated/α-hetero) is 1. The van der Waals surface area contributed by atoms with Crippen molar-refractivity contribution in [3.63, 3.8) is 0 Å². The van der Waals surface area contributed by atoms with E-state index >= 15 is 0 Å². The van der Waals surface area contributed by atoms with E-state index in [4.69, 9.17) is 0 Å². The van der Waals surface area contributed by atoms with Gasteiger partial charge in [0, 0.05) is 11.8 Å². The fourth-order valence-electron chi connectivity index (χ4n) is 2.76. The Morgan fingerprint density at radius 3 is 2.17 bits per heavy atom. The van der Waals surface area contributed by atoms with E-state index < -0.39 is 11.6 Å². The Labute approximate surface area is 139 Å². The molecule has 0 fully saturated rings. The number of aromatic hydroxyl groups is 2. The number of aryl methyl sites for hydroxylation is 1. The van der Waals surface area contributed by atoms with Crippen LogP contribution in [0.3, 0.4) is 0 Å². The average Bonchev–Trinajstić information content (AvgIpc) is 2.56. The number of ketones is 2. The number of phenolic OH excluding ortho intramolecular Hbond substituents is 2. The highest BCUT2D eigenvalue weighted by Gasteiger charge is 2.31. The molecule has 0 bridgehead atoms. The third-order valence-corrected chi connectivity index (χ3v) is 3.93. The largest absolute Gasteiger partial charge is 0.507 e. The van der Waals surface area contributed by atoms with Gasteiger partial charge in [-0.2, -0.15) is 0 Å². The van der Waals surface area contributed by atoms with Crippen LogP contribution in [0, 0.1) is 0 Å². The summed E-state index contributed by atoms with van der Waals surface area (Å²) in [6.07, 6.45) is 3.16. The van der Waals surface area contributed by atoms with Crippen molar-refractivity contribution >= 4 is 17.3 Å². The van der Waals surface area contributed by atoms with Gasteiger partial charge >= 0.3 is 0 Å². The molecule has 1 aliphatic carbocycles. The molecule has 0 heterocycles. The molecule has 0 aliphatic heterocycles. The number of fused-ring (bicyclic) bond motifs is 1. The Balaban J connectivity index is 1.92. The van der Waals surface area contributed by atoms with Gasteiger partial charge < -0.3 is 15.5 Å². The van der Waals surface area contributed by atoms with Gasteiger partial charge in [-0.25, -0.2) is 0 Å². The lowest BCUT2D eigenvalue weighted by atomic mass is 9.91. The van der Waals surface area contributed by atoms with Gasteiger partial charge in [-0.3, -0.25) is 9.59 Å². The highest BCUT2D eigenvalue weighted by molar-refractivity contribution is 6.27. The van der Waals surface area contributed by atoms with Crippen LogP contribution in [0.25, 0.3) is 0 Å². The number of benzene rings is 2. The number of nitrogens with one attached hydrogen (secondary N) is 1. The predicted octanol–water partition coefficient (Wildman–Crippen LogP) is 3.43. The molecular weight excluding hydrogens is 306 g/mol. The Hall–Kier alpha value is -3.08. The molecule has 3 N–H and O–H groups in total. The smallest absolute Gasteiger partial charge is 0.213 e. The standard InChI is InChI=1S/C19H17NO4/c1-2-3-11-4-6-12(7-5-11)20-13-10-16(23)17-14(21)8-9-15(22)18(17)19(13)24/h4-10,20-22H,2-3H2,1H3. The van der Waals surface area contributed by atoms with Crippen LogP contribution in [-0.2, 0) is 6.42 Å². The van der Waals surface area contributed by atoms with Crippen molar-refractivity contribution in [3.05, 3.63) is 64.9 Å². The lowest BCUT2D eigenvalue weighted by molar-refractivity contribution is 0.0980. The second kappa shape index (κ2) is 6.20. The molecule has 0 radical (unpaired) electrons. The fourth-order valence-corrected chi connectivity index (χ4v) is 2.76. The minimum absolute atomic E-state index is 0.0663. The minimum atomic E-state index is -0.532. The highest BCUT2D eigenvalue weighted by atomic mass is 16.3. The second-order valence-corrected chi connectivity index (χ2v) is 5.68. The van der Waals surface area contributed by atoms with Gasteiger partial charge in [-0.1, -0.05) is 25.5 Å². The molecule has 0 unspecified atom stereocenters. The van der Waals surface area contributed by atoms with E-state index in [0.717, 1.165) is 18.9 Å². The van der Waals surface area contributed by atoms with Gasteiger partial charge in [0.05, 0.1) is 16.8 Å². The van der Waals surface area contributed by atoms with Gasteiger partial charge in [0.25, 0.3) is 0 Å². The molecule has 2 aromatic rings. The van der Waals surface area contributed by atoms with Gasteiger partial charge in [0.15, 0.2) is 5.78 Å². The summed E-state index contributed by atoms with van der Waals surface area (Å²) in [5, 5.41) is 22.6.